The van der Waals surface area contributed by atoms with E-state index in [2.05, 4.69) is 20.9 Å². The number of aliphatic hydroxyl groups is 1. The first-order valence-corrected chi connectivity index (χ1v) is 4.71. The maximum Gasteiger partial charge on any atom is 0.159 e. The lowest BCUT2D eigenvalue weighted by Crippen LogP contribution is -1.88. The predicted octanol–water partition coefficient (Wildman–Crippen LogP) is 1.83. The molecule has 0 aliphatic rings. The minimum Gasteiger partial charge on any atom is -0.396 e. The Labute approximate surface area is 72.0 Å². The smallest absolute Gasteiger partial charge is 0.159 e. The summed E-state index contributed by atoms with van der Waals surface area (Å²) in [6.07, 6.45) is 1.68. The maximum atomic E-state index is 8.50. The molecule has 0 aliphatic carbocycles. The highest BCUT2D eigenvalue weighted by molar-refractivity contribution is 9.11. The summed E-state index contributed by atoms with van der Waals surface area (Å²) in [5, 5.41) is 10.5. The Bertz CT molecular complexity index is 201. The van der Waals surface area contributed by atoms with Gasteiger partial charge in [0.2, 0.25) is 0 Å². The molecule has 0 aromatic carbocycles. The Morgan fingerprint density at radius 2 is 2.50 bits per heavy atom. The Morgan fingerprint density at radius 3 is 3.00 bits per heavy atom. The SMILES string of the molecule is OCCCc1csc(Br)n1. The summed E-state index contributed by atoms with van der Waals surface area (Å²) >= 11 is 4.85. The van der Waals surface area contributed by atoms with Crippen molar-refractivity contribution in [3.05, 3.63) is 15.0 Å². The first kappa shape index (κ1) is 8.17. The molecule has 0 unspecified atom stereocenters. The van der Waals surface area contributed by atoms with Gasteiger partial charge in [-0.1, -0.05) is 0 Å². The Balaban J connectivity index is 2.42. The zero-order valence-electron chi connectivity index (χ0n) is 5.38. The first-order chi connectivity index (χ1) is 4.83. The molecule has 56 valence electrons. The first-order valence-electron chi connectivity index (χ1n) is 3.03. The molecule has 0 saturated heterocycles. The standard InChI is InChI=1S/C6H8BrNOS/c7-6-8-5(4-10-6)2-1-3-9/h4,9H,1-3H2. The van der Waals surface area contributed by atoms with Gasteiger partial charge in [-0.05, 0) is 28.8 Å². The lowest BCUT2D eigenvalue weighted by Gasteiger charge is -1.89. The van der Waals surface area contributed by atoms with Gasteiger partial charge in [-0.2, -0.15) is 0 Å². The molecule has 0 spiro atoms. The number of thiazole rings is 1. The molecule has 4 heteroatoms. The Kier molecular flexibility index (Phi) is 3.31. The lowest BCUT2D eigenvalue weighted by molar-refractivity contribution is 0.288. The number of rotatable bonds is 3. The van der Waals surface area contributed by atoms with Crippen molar-refractivity contribution in [2.75, 3.05) is 6.61 Å². The van der Waals surface area contributed by atoms with Crippen LogP contribution in [-0.2, 0) is 6.42 Å². The molecule has 0 aliphatic heterocycles. The van der Waals surface area contributed by atoms with E-state index in [1.54, 1.807) is 11.3 Å². The van der Waals surface area contributed by atoms with E-state index in [0.29, 0.717) is 0 Å². The van der Waals surface area contributed by atoms with Crippen LogP contribution >= 0.6 is 27.3 Å². The van der Waals surface area contributed by atoms with E-state index in [-0.39, 0.29) is 6.61 Å². The number of aliphatic hydroxyl groups excluding tert-OH is 1. The molecule has 0 amide bonds. The minimum atomic E-state index is 0.245. The maximum absolute atomic E-state index is 8.50. The molecule has 1 aromatic rings. The normalized spacial score (nSPS) is 10.2. The van der Waals surface area contributed by atoms with Crippen molar-refractivity contribution in [3.63, 3.8) is 0 Å². The fourth-order valence-corrected chi connectivity index (χ4v) is 1.74. The van der Waals surface area contributed by atoms with E-state index >= 15 is 0 Å². The minimum absolute atomic E-state index is 0.245. The Morgan fingerprint density at radius 1 is 1.70 bits per heavy atom. The van der Waals surface area contributed by atoms with E-state index in [0.717, 1.165) is 22.5 Å². The summed E-state index contributed by atoms with van der Waals surface area (Å²) in [6, 6.07) is 0. The van der Waals surface area contributed by atoms with Crippen molar-refractivity contribution in [3.8, 4) is 0 Å². The number of aromatic nitrogens is 1. The molecule has 2 nitrogen and oxygen atoms in total. The van der Waals surface area contributed by atoms with E-state index < -0.39 is 0 Å². The van der Waals surface area contributed by atoms with Gasteiger partial charge in [-0.15, -0.1) is 11.3 Å². The van der Waals surface area contributed by atoms with Gasteiger partial charge in [0.15, 0.2) is 3.92 Å². The van der Waals surface area contributed by atoms with E-state index in [1.165, 1.54) is 0 Å². The van der Waals surface area contributed by atoms with Gasteiger partial charge < -0.3 is 5.11 Å². The lowest BCUT2D eigenvalue weighted by atomic mass is 10.3. The average molecular weight is 222 g/mol. The van der Waals surface area contributed by atoms with Gasteiger partial charge in [-0.3, -0.25) is 0 Å². The number of hydrogen-bond donors (Lipinski definition) is 1. The van der Waals surface area contributed by atoms with Crippen LogP contribution in [0.15, 0.2) is 9.30 Å². The van der Waals surface area contributed by atoms with Gasteiger partial charge in [0.05, 0.1) is 5.69 Å². The number of nitrogens with zero attached hydrogens (tertiary/aromatic N) is 1. The zero-order chi connectivity index (χ0) is 7.40. The predicted molar refractivity (Wildman–Crippen MR) is 45.2 cm³/mol. The molecule has 1 aromatic heterocycles. The monoisotopic (exact) mass is 221 g/mol. The van der Waals surface area contributed by atoms with Crippen LogP contribution < -0.4 is 0 Å². The molecule has 0 atom stereocenters. The van der Waals surface area contributed by atoms with Gasteiger partial charge >= 0.3 is 0 Å². The number of hydrogen-bond acceptors (Lipinski definition) is 3. The second-order valence-electron chi connectivity index (χ2n) is 1.92. The van der Waals surface area contributed by atoms with Crippen molar-refractivity contribution in [2.24, 2.45) is 0 Å². The van der Waals surface area contributed by atoms with Crippen LogP contribution in [0.3, 0.4) is 0 Å². The summed E-state index contributed by atoms with van der Waals surface area (Å²) in [5.74, 6) is 0. The quantitative estimate of drug-likeness (QED) is 0.846. The van der Waals surface area contributed by atoms with Gasteiger partial charge in [0.25, 0.3) is 0 Å². The van der Waals surface area contributed by atoms with Crippen LogP contribution in [0.4, 0.5) is 0 Å². The zero-order valence-corrected chi connectivity index (χ0v) is 7.78. The molecule has 0 bridgehead atoms. The molecule has 1 heterocycles. The van der Waals surface area contributed by atoms with Crippen LogP contribution in [0.1, 0.15) is 12.1 Å². The van der Waals surface area contributed by atoms with Crippen LogP contribution in [0.2, 0.25) is 0 Å². The highest BCUT2D eigenvalue weighted by atomic mass is 79.9. The molecule has 0 fully saturated rings. The largest absolute Gasteiger partial charge is 0.396 e. The fraction of sp³-hybridized carbons (Fsp3) is 0.500. The van der Waals surface area contributed by atoms with Gasteiger partial charge in [0, 0.05) is 12.0 Å². The van der Waals surface area contributed by atoms with Gasteiger partial charge in [0.1, 0.15) is 0 Å². The van der Waals surface area contributed by atoms with E-state index in [1.807, 2.05) is 5.38 Å². The third-order valence-electron chi connectivity index (χ3n) is 1.11. The van der Waals surface area contributed by atoms with Crippen molar-refractivity contribution in [1.82, 2.24) is 4.98 Å². The van der Waals surface area contributed by atoms with Gasteiger partial charge in [-0.25, -0.2) is 4.98 Å². The third kappa shape index (κ3) is 2.36. The van der Waals surface area contributed by atoms with Crippen LogP contribution in [0.25, 0.3) is 0 Å². The number of aryl methyl sites for hydroxylation is 1. The topological polar surface area (TPSA) is 33.1 Å². The van der Waals surface area contributed by atoms with Crippen LogP contribution in [0.5, 0.6) is 0 Å². The third-order valence-corrected chi connectivity index (χ3v) is 2.53. The molecular formula is C6H8BrNOS. The molecule has 0 saturated carbocycles. The molecule has 1 N–H and O–H groups in total. The molecular weight excluding hydrogens is 214 g/mol. The fourth-order valence-electron chi connectivity index (χ4n) is 0.657. The van der Waals surface area contributed by atoms with E-state index in [4.69, 9.17) is 5.11 Å². The second kappa shape index (κ2) is 4.05. The average Bonchev–Trinajstić information content (AvgIpc) is 2.31. The summed E-state index contributed by atoms with van der Waals surface area (Å²) in [4.78, 5) is 4.17. The van der Waals surface area contributed by atoms with Crippen LogP contribution in [0, 0.1) is 0 Å². The summed E-state index contributed by atoms with van der Waals surface area (Å²) in [5.41, 5.74) is 1.06. The molecule has 1 rings (SSSR count). The second-order valence-corrected chi connectivity index (χ2v) is 4.05. The summed E-state index contributed by atoms with van der Waals surface area (Å²) in [7, 11) is 0. The van der Waals surface area contributed by atoms with Crippen molar-refractivity contribution in [2.45, 2.75) is 12.8 Å². The van der Waals surface area contributed by atoms with E-state index in [9.17, 15) is 0 Å². The highest BCUT2D eigenvalue weighted by Gasteiger charge is 1.96. The van der Waals surface area contributed by atoms with Crippen molar-refractivity contribution >= 4 is 27.3 Å². The van der Waals surface area contributed by atoms with Crippen molar-refractivity contribution < 1.29 is 5.11 Å². The summed E-state index contributed by atoms with van der Waals surface area (Å²) < 4.78 is 0.917. The number of halogens is 1. The highest BCUT2D eigenvalue weighted by Crippen LogP contribution is 2.16. The Hall–Kier alpha value is 0.0700. The summed E-state index contributed by atoms with van der Waals surface area (Å²) in [6.45, 7) is 0.245. The van der Waals surface area contributed by atoms with Crippen LogP contribution in [-0.4, -0.2) is 16.7 Å². The molecule has 10 heavy (non-hydrogen) atoms. The molecule has 0 radical (unpaired) electrons. The van der Waals surface area contributed by atoms with Crippen molar-refractivity contribution in [1.29, 1.82) is 0 Å².